The van der Waals surface area contributed by atoms with Crippen molar-refractivity contribution in [3.05, 3.63) is 30.3 Å². The summed E-state index contributed by atoms with van der Waals surface area (Å²) in [7, 11) is 0. The van der Waals surface area contributed by atoms with Gasteiger partial charge >= 0.3 is 0 Å². The topological polar surface area (TPSA) is 56.7 Å². The predicted molar refractivity (Wildman–Crippen MR) is 67.4 cm³/mol. The molecule has 4 heteroatoms. The minimum atomic E-state index is 0.468. The van der Waals surface area contributed by atoms with Gasteiger partial charge < -0.3 is 5.73 Å². The van der Waals surface area contributed by atoms with Crippen LogP contribution in [-0.4, -0.2) is 15.0 Å². The first-order valence-electron chi connectivity index (χ1n) is 6.12. The van der Waals surface area contributed by atoms with Gasteiger partial charge in [-0.1, -0.05) is 48.4 Å². The lowest BCUT2D eigenvalue weighted by Crippen LogP contribution is -2.08. The van der Waals surface area contributed by atoms with E-state index >= 15 is 0 Å². The minimum Gasteiger partial charge on any atom is -0.380 e. The van der Waals surface area contributed by atoms with Crippen molar-refractivity contribution in [1.82, 2.24) is 15.0 Å². The molecule has 3 rings (SSSR count). The SMILES string of the molecule is Nc1nnn(C2CCCC2)c1-c1ccccc1. The van der Waals surface area contributed by atoms with E-state index in [1.54, 1.807) is 0 Å². The molecule has 0 amide bonds. The molecule has 0 saturated heterocycles. The summed E-state index contributed by atoms with van der Waals surface area (Å²) in [5.74, 6) is 0.531. The standard InChI is InChI=1S/C13H16N4/c14-13-12(10-6-2-1-3-7-10)17(16-15-13)11-8-4-5-9-11/h1-3,6-7,11H,4-5,8-9,14H2. The first kappa shape index (κ1) is 10.3. The molecule has 0 radical (unpaired) electrons. The molecule has 1 aromatic carbocycles. The number of nitrogen functional groups attached to an aromatic ring is 1. The summed E-state index contributed by atoms with van der Waals surface area (Å²) >= 11 is 0. The molecular formula is C13H16N4. The van der Waals surface area contributed by atoms with Crippen molar-refractivity contribution >= 4 is 5.82 Å². The number of nitrogens with two attached hydrogens (primary N) is 1. The maximum atomic E-state index is 5.95. The number of nitrogens with zero attached hydrogens (tertiary/aromatic N) is 3. The van der Waals surface area contributed by atoms with E-state index in [0.717, 1.165) is 11.3 Å². The second-order valence-corrected chi connectivity index (χ2v) is 4.57. The van der Waals surface area contributed by atoms with Gasteiger partial charge in [-0.05, 0) is 12.8 Å². The molecule has 0 spiro atoms. The van der Waals surface area contributed by atoms with Crippen LogP contribution in [-0.2, 0) is 0 Å². The number of hydrogen-bond donors (Lipinski definition) is 1. The molecule has 1 saturated carbocycles. The smallest absolute Gasteiger partial charge is 0.174 e. The molecule has 4 nitrogen and oxygen atoms in total. The van der Waals surface area contributed by atoms with Gasteiger partial charge in [0.25, 0.3) is 0 Å². The van der Waals surface area contributed by atoms with Crippen LogP contribution in [0.15, 0.2) is 30.3 Å². The lowest BCUT2D eigenvalue weighted by Gasteiger charge is -2.13. The van der Waals surface area contributed by atoms with E-state index < -0.39 is 0 Å². The van der Waals surface area contributed by atoms with Crippen molar-refractivity contribution in [1.29, 1.82) is 0 Å². The third-order valence-electron chi connectivity index (χ3n) is 3.44. The number of benzene rings is 1. The Balaban J connectivity index is 2.06. The fraction of sp³-hybridized carbons (Fsp3) is 0.385. The summed E-state index contributed by atoms with van der Waals surface area (Å²) in [4.78, 5) is 0. The van der Waals surface area contributed by atoms with Crippen molar-refractivity contribution in [2.24, 2.45) is 0 Å². The molecule has 1 aliphatic carbocycles. The highest BCUT2D eigenvalue weighted by atomic mass is 15.5. The maximum Gasteiger partial charge on any atom is 0.174 e. The third-order valence-corrected chi connectivity index (χ3v) is 3.44. The molecule has 17 heavy (non-hydrogen) atoms. The Hall–Kier alpha value is -1.84. The maximum absolute atomic E-state index is 5.95. The van der Waals surface area contributed by atoms with Gasteiger partial charge in [0.1, 0.15) is 5.69 Å². The molecule has 1 aromatic heterocycles. The Morgan fingerprint density at radius 3 is 2.53 bits per heavy atom. The fourth-order valence-corrected chi connectivity index (χ4v) is 2.59. The van der Waals surface area contributed by atoms with Crippen LogP contribution in [0.25, 0.3) is 11.3 Å². The lowest BCUT2D eigenvalue weighted by atomic mass is 10.1. The van der Waals surface area contributed by atoms with Crippen LogP contribution in [0.5, 0.6) is 0 Å². The zero-order valence-corrected chi connectivity index (χ0v) is 9.71. The number of rotatable bonds is 2. The van der Waals surface area contributed by atoms with E-state index in [4.69, 9.17) is 5.73 Å². The van der Waals surface area contributed by atoms with Crippen LogP contribution < -0.4 is 5.73 Å². The Bertz CT molecular complexity index is 497. The van der Waals surface area contributed by atoms with Crippen LogP contribution in [0.4, 0.5) is 5.82 Å². The molecule has 1 aliphatic rings. The number of hydrogen-bond acceptors (Lipinski definition) is 3. The molecule has 0 atom stereocenters. The lowest BCUT2D eigenvalue weighted by molar-refractivity contribution is 0.458. The summed E-state index contributed by atoms with van der Waals surface area (Å²) in [6.45, 7) is 0. The van der Waals surface area contributed by atoms with Crippen molar-refractivity contribution in [3.63, 3.8) is 0 Å². The quantitative estimate of drug-likeness (QED) is 0.859. The Labute approximate surface area is 100 Å². The number of anilines is 1. The summed E-state index contributed by atoms with van der Waals surface area (Å²) in [6.07, 6.45) is 4.92. The van der Waals surface area contributed by atoms with E-state index in [-0.39, 0.29) is 0 Å². The van der Waals surface area contributed by atoms with E-state index in [1.165, 1.54) is 25.7 Å². The molecule has 2 N–H and O–H groups in total. The summed E-state index contributed by atoms with van der Waals surface area (Å²) in [5, 5.41) is 8.24. The summed E-state index contributed by atoms with van der Waals surface area (Å²) < 4.78 is 2.01. The van der Waals surface area contributed by atoms with Gasteiger partial charge in [-0.25, -0.2) is 4.68 Å². The Morgan fingerprint density at radius 2 is 1.82 bits per heavy atom. The van der Waals surface area contributed by atoms with Gasteiger partial charge in [0.05, 0.1) is 6.04 Å². The third kappa shape index (κ3) is 1.79. The molecule has 0 bridgehead atoms. The highest BCUT2D eigenvalue weighted by Crippen LogP contribution is 2.34. The second-order valence-electron chi connectivity index (χ2n) is 4.57. The van der Waals surface area contributed by atoms with Crippen LogP contribution in [0, 0.1) is 0 Å². The fourth-order valence-electron chi connectivity index (χ4n) is 2.59. The monoisotopic (exact) mass is 228 g/mol. The van der Waals surface area contributed by atoms with Gasteiger partial charge in [0.2, 0.25) is 0 Å². The highest BCUT2D eigenvalue weighted by Gasteiger charge is 2.23. The van der Waals surface area contributed by atoms with E-state index in [9.17, 15) is 0 Å². The molecule has 2 aromatic rings. The van der Waals surface area contributed by atoms with Crippen LogP contribution in [0.1, 0.15) is 31.7 Å². The average molecular weight is 228 g/mol. The first-order chi connectivity index (χ1) is 8.36. The zero-order valence-electron chi connectivity index (χ0n) is 9.71. The van der Waals surface area contributed by atoms with Crippen LogP contribution in [0.3, 0.4) is 0 Å². The van der Waals surface area contributed by atoms with Crippen molar-refractivity contribution in [2.75, 3.05) is 5.73 Å². The summed E-state index contributed by atoms with van der Waals surface area (Å²) in [6, 6.07) is 10.6. The van der Waals surface area contributed by atoms with E-state index in [1.807, 2.05) is 22.9 Å². The van der Waals surface area contributed by atoms with Gasteiger partial charge in [0, 0.05) is 5.56 Å². The molecule has 1 fully saturated rings. The summed E-state index contributed by atoms with van der Waals surface area (Å²) in [5.41, 5.74) is 8.02. The zero-order chi connectivity index (χ0) is 11.7. The van der Waals surface area contributed by atoms with Gasteiger partial charge in [-0.3, -0.25) is 0 Å². The van der Waals surface area contributed by atoms with Crippen molar-refractivity contribution < 1.29 is 0 Å². The van der Waals surface area contributed by atoms with Crippen molar-refractivity contribution in [2.45, 2.75) is 31.7 Å². The van der Waals surface area contributed by atoms with Gasteiger partial charge in [0.15, 0.2) is 5.82 Å². The highest BCUT2D eigenvalue weighted by molar-refractivity contribution is 5.69. The molecule has 0 aliphatic heterocycles. The number of aromatic nitrogens is 3. The molecule has 88 valence electrons. The Morgan fingerprint density at radius 1 is 1.12 bits per heavy atom. The van der Waals surface area contributed by atoms with Crippen molar-refractivity contribution in [3.8, 4) is 11.3 Å². The molecule has 0 unspecified atom stereocenters. The van der Waals surface area contributed by atoms with Gasteiger partial charge in [-0.2, -0.15) is 0 Å². The molecule has 1 heterocycles. The van der Waals surface area contributed by atoms with Gasteiger partial charge in [-0.15, -0.1) is 5.10 Å². The minimum absolute atomic E-state index is 0.468. The average Bonchev–Trinajstić information content (AvgIpc) is 2.98. The first-order valence-corrected chi connectivity index (χ1v) is 6.12. The Kier molecular flexibility index (Phi) is 2.55. The normalized spacial score (nSPS) is 16.5. The van der Waals surface area contributed by atoms with E-state index in [2.05, 4.69) is 22.4 Å². The second kappa shape index (κ2) is 4.20. The predicted octanol–water partition coefficient (Wildman–Crippen LogP) is 2.64. The van der Waals surface area contributed by atoms with Crippen LogP contribution in [0.2, 0.25) is 0 Å². The van der Waals surface area contributed by atoms with E-state index in [0.29, 0.717) is 11.9 Å². The largest absolute Gasteiger partial charge is 0.380 e. The van der Waals surface area contributed by atoms with Crippen LogP contribution >= 0.6 is 0 Å². The molecular weight excluding hydrogens is 212 g/mol.